The van der Waals surface area contributed by atoms with E-state index >= 15 is 0 Å². The van der Waals surface area contributed by atoms with Crippen LogP contribution in [0.15, 0.2) is 30.3 Å². The van der Waals surface area contributed by atoms with Crippen molar-refractivity contribution in [3.05, 3.63) is 35.9 Å². The first-order valence-corrected chi connectivity index (χ1v) is 9.26. The van der Waals surface area contributed by atoms with Gasteiger partial charge in [0.05, 0.1) is 5.92 Å². The van der Waals surface area contributed by atoms with Crippen molar-refractivity contribution in [2.75, 3.05) is 26.2 Å². The molecule has 2 fully saturated rings. The zero-order chi connectivity index (χ0) is 20.5. The summed E-state index contributed by atoms with van der Waals surface area (Å²) in [4.78, 5) is 39.3. The van der Waals surface area contributed by atoms with Gasteiger partial charge in [0.15, 0.2) is 0 Å². The van der Waals surface area contributed by atoms with E-state index in [-0.39, 0.29) is 32.8 Å². The van der Waals surface area contributed by atoms with E-state index in [0.29, 0.717) is 0 Å². The molecule has 8 nitrogen and oxygen atoms in total. The zero-order valence-electron chi connectivity index (χ0n) is 16.4. The van der Waals surface area contributed by atoms with E-state index in [4.69, 9.17) is 9.47 Å². The van der Waals surface area contributed by atoms with Gasteiger partial charge < -0.3 is 24.4 Å². The Morgan fingerprint density at radius 2 is 1.68 bits per heavy atom. The highest BCUT2D eigenvalue weighted by molar-refractivity contribution is 5.77. The molecule has 0 saturated carbocycles. The quantitative estimate of drug-likeness (QED) is 0.852. The van der Waals surface area contributed by atoms with Gasteiger partial charge in [-0.25, -0.2) is 9.59 Å². The van der Waals surface area contributed by atoms with E-state index in [1.807, 2.05) is 30.3 Å². The smallest absolute Gasteiger partial charge is 0.410 e. The molecule has 1 atom stereocenters. The number of carboxylic acids is 1. The Bertz CT molecular complexity index is 752. The van der Waals surface area contributed by atoms with Gasteiger partial charge in [-0.15, -0.1) is 0 Å². The van der Waals surface area contributed by atoms with Gasteiger partial charge in [0.25, 0.3) is 0 Å². The Kier molecular flexibility index (Phi) is 5.23. The van der Waals surface area contributed by atoms with Crippen LogP contribution in [-0.4, -0.2) is 64.8 Å². The normalized spacial score (nSPS) is 20.6. The molecule has 3 rings (SSSR count). The molecule has 8 heteroatoms. The zero-order valence-corrected chi connectivity index (χ0v) is 16.4. The van der Waals surface area contributed by atoms with E-state index in [9.17, 15) is 19.5 Å². The Labute approximate surface area is 164 Å². The van der Waals surface area contributed by atoms with Crippen molar-refractivity contribution in [3.8, 4) is 0 Å². The van der Waals surface area contributed by atoms with Crippen molar-refractivity contribution in [3.63, 3.8) is 0 Å². The minimum Gasteiger partial charge on any atom is -0.481 e. The van der Waals surface area contributed by atoms with E-state index in [1.54, 1.807) is 20.8 Å². The predicted octanol–water partition coefficient (Wildman–Crippen LogP) is 2.58. The predicted molar refractivity (Wildman–Crippen MR) is 99.6 cm³/mol. The van der Waals surface area contributed by atoms with Gasteiger partial charge in [0.2, 0.25) is 0 Å². The van der Waals surface area contributed by atoms with Gasteiger partial charge in [-0.05, 0) is 26.3 Å². The lowest BCUT2D eigenvalue weighted by molar-refractivity contribution is -0.149. The molecule has 2 amide bonds. The van der Waals surface area contributed by atoms with E-state index in [1.165, 1.54) is 9.80 Å². The number of hydrogen-bond donors (Lipinski definition) is 1. The highest BCUT2D eigenvalue weighted by atomic mass is 16.6. The number of likely N-dealkylation sites (tertiary alicyclic amines) is 2. The third-order valence-corrected chi connectivity index (χ3v) is 5.07. The van der Waals surface area contributed by atoms with E-state index < -0.39 is 35.1 Å². The second kappa shape index (κ2) is 7.33. The highest BCUT2D eigenvalue weighted by Gasteiger charge is 2.59. The van der Waals surface area contributed by atoms with Crippen LogP contribution >= 0.6 is 0 Å². The summed E-state index contributed by atoms with van der Waals surface area (Å²) in [7, 11) is 0. The van der Waals surface area contributed by atoms with Gasteiger partial charge in [-0.3, -0.25) is 4.79 Å². The maximum Gasteiger partial charge on any atom is 0.410 e. The summed E-state index contributed by atoms with van der Waals surface area (Å²) in [6.45, 7) is 6.29. The van der Waals surface area contributed by atoms with E-state index in [0.717, 1.165) is 5.56 Å². The summed E-state index contributed by atoms with van der Waals surface area (Å²) in [5.41, 5.74) is -0.414. The first kappa shape index (κ1) is 20.0. The second-order valence-electron chi connectivity index (χ2n) is 8.51. The number of rotatable bonds is 3. The van der Waals surface area contributed by atoms with Crippen LogP contribution in [0.4, 0.5) is 9.59 Å². The van der Waals surface area contributed by atoms with Crippen LogP contribution in [0, 0.1) is 11.3 Å². The fraction of sp³-hybridized carbons (Fsp3) is 0.550. The fourth-order valence-corrected chi connectivity index (χ4v) is 3.75. The molecule has 1 spiro atoms. The van der Waals surface area contributed by atoms with Crippen LogP contribution in [0.1, 0.15) is 26.3 Å². The molecule has 2 heterocycles. The second-order valence-corrected chi connectivity index (χ2v) is 8.51. The molecule has 2 saturated heterocycles. The first-order chi connectivity index (χ1) is 13.1. The number of nitrogens with zero attached hydrogens (tertiary/aromatic N) is 2. The summed E-state index contributed by atoms with van der Waals surface area (Å²) in [6, 6.07) is 9.29. The Hall–Kier alpha value is -2.77. The number of aliphatic carboxylic acids is 1. The average Bonchev–Trinajstić information content (AvgIpc) is 2.99. The molecule has 0 aliphatic carbocycles. The maximum atomic E-state index is 12.4. The number of ether oxygens (including phenoxy) is 2. The van der Waals surface area contributed by atoms with Crippen molar-refractivity contribution < 1.29 is 29.0 Å². The molecule has 28 heavy (non-hydrogen) atoms. The largest absolute Gasteiger partial charge is 0.481 e. The lowest BCUT2D eigenvalue weighted by Crippen LogP contribution is -2.63. The molecule has 0 unspecified atom stereocenters. The Morgan fingerprint density at radius 3 is 2.25 bits per heavy atom. The summed E-state index contributed by atoms with van der Waals surface area (Å²) in [5, 5.41) is 9.62. The summed E-state index contributed by atoms with van der Waals surface area (Å²) < 4.78 is 10.7. The van der Waals surface area contributed by atoms with Crippen LogP contribution < -0.4 is 0 Å². The summed E-state index contributed by atoms with van der Waals surface area (Å²) >= 11 is 0. The molecule has 0 bridgehead atoms. The number of carbonyl (C=O) groups is 3. The number of carbonyl (C=O) groups excluding carboxylic acids is 2. The average molecular weight is 390 g/mol. The van der Waals surface area contributed by atoms with Crippen LogP contribution in [0.25, 0.3) is 0 Å². The van der Waals surface area contributed by atoms with Crippen molar-refractivity contribution in [2.24, 2.45) is 11.3 Å². The van der Waals surface area contributed by atoms with Crippen LogP contribution in [0.2, 0.25) is 0 Å². The minimum atomic E-state index is -0.970. The molecule has 2 aliphatic rings. The van der Waals surface area contributed by atoms with Gasteiger partial charge in [-0.2, -0.15) is 0 Å². The van der Waals surface area contributed by atoms with Crippen molar-refractivity contribution >= 4 is 18.2 Å². The standard InChI is InChI=1S/C20H26N2O6/c1-19(2,3)28-18(26)22-12-20(13-22)11-21(9-15(20)16(23)24)17(25)27-10-14-7-5-4-6-8-14/h4-8,15H,9-13H2,1-3H3,(H,23,24)/t15-/m0/s1. The number of hydrogen-bond acceptors (Lipinski definition) is 5. The highest BCUT2D eigenvalue weighted by Crippen LogP contribution is 2.44. The molecule has 1 aromatic carbocycles. The molecule has 152 valence electrons. The topological polar surface area (TPSA) is 96.4 Å². The molecule has 1 N–H and O–H groups in total. The molecule has 2 aliphatic heterocycles. The lowest BCUT2D eigenvalue weighted by atomic mass is 9.72. The Balaban J connectivity index is 1.60. The number of benzene rings is 1. The van der Waals surface area contributed by atoms with Gasteiger partial charge in [-0.1, -0.05) is 30.3 Å². The summed E-state index contributed by atoms with van der Waals surface area (Å²) in [6.07, 6.45) is -1.00. The number of amides is 2. The van der Waals surface area contributed by atoms with Crippen LogP contribution in [0.5, 0.6) is 0 Å². The van der Waals surface area contributed by atoms with Crippen molar-refractivity contribution in [1.82, 2.24) is 9.80 Å². The van der Waals surface area contributed by atoms with Gasteiger partial charge in [0, 0.05) is 31.6 Å². The van der Waals surface area contributed by atoms with Crippen molar-refractivity contribution in [1.29, 1.82) is 0 Å². The third kappa shape index (κ3) is 4.21. The van der Waals surface area contributed by atoms with Crippen molar-refractivity contribution in [2.45, 2.75) is 33.0 Å². The fourth-order valence-electron chi connectivity index (χ4n) is 3.75. The maximum absolute atomic E-state index is 12.4. The summed E-state index contributed by atoms with van der Waals surface area (Å²) in [5.74, 6) is -1.71. The van der Waals surface area contributed by atoms with Crippen LogP contribution in [-0.2, 0) is 20.9 Å². The molecular weight excluding hydrogens is 364 g/mol. The minimum absolute atomic E-state index is 0.0745. The lowest BCUT2D eigenvalue weighted by Gasteiger charge is -2.49. The monoisotopic (exact) mass is 390 g/mol. The SMILES string of the molecule is CC(C)(C)OC(=O)N1CC2(CN(C(=O)OCc3ccccc3)C[C@H]2C(=O)O)C1. The molecule has 0 aromatic heterocycles. The van der Waals surface area contributed by atoms with Gasteiger partial charge >= 0.3 is 18.2 Å². The van der Waals surface area contributed by atoms with Crippen LogP contribution in [0.3, 0.4) is 0 Å². The molecule has 0 radical (unpaired) electrons. The third-order valence-electron chi connectivity index (χ3n) is 5.07. The molecule has 1 aromatic rings. The van der Waals surface area contributed by atoms with E-state index in [2.05, 4.69) is 0 Å². The first-order valence-electron chi connectivity index (χ1n) is 9.26. The Morgan fingerprint density at radius 1 is 1.07 bits per heavy atom. The number of carboxylic acid groups (broad SMARTS) is 1. The molecular formula is C20H26N2O6. The van der Waals surface area contributed by atoms with Gasteiger partial charge in [0.1, 0.15) is 12.2 Å².